The number of hydrogen-bond acceptors (Lipinski definition) is 3. The largest absolute Gasteiger partial charge is 0.503 e. The van der Waals surface area contributed by atoms with E-state index in [9.17, 15) is 0 Å². The van der Waals surface area contributed by atoms with Gasteiger partial charge in [0, 0.05) is 0 Å². The molecule has 0 atom stereocenters. The Kier molecular flexibility index (Phi) is 10.7. The van der Waals surface area contributed by atoms with E-state index >= 15 is 0 Å². The van der Waals surface area contributed by atoms with E-state index in [0.29, 0.717) is 21.4 Å². The van der Waals surface area contributed by atoms with Crippen molar-refractivity contribution >= 4 is 52.7 Å². The lowest BCUT2D eigenvalue weighted by Gasteiger charge is -1.96. The van der Waals surface area contributed by atoms with Crippen LogP contribution in [0.1, 0.15) is 0 Å². The standard InChI is InChI=1S/2C7H8ClN3.CH2O3/c2*8-5-3-1-2-4-6(5)11-7(9)10;2-1(3)4/h2*1-4H,(H4,9,10,11);(H2,2,3,4). The van der Waals surface area contributed by atoms with Gasteiger partial charge >= 0.3 is 6.16 Å². The Morgan fingerprint density at radius 2 is 1.00 bits per heavy atom. The summed E-state index contributed by atoms with van der Waals surface area (Å²) in [6, 6.07) is 14.2. The molecule has 9 nitrogen and oxygen atoms in total. The molecule has 0 fully saturated rings. The second kappa shape index (κ2) is 12.2. The molecule has 0 aromatic heterocycles. The summed E-state index contributed by atoms with van der Waals surface area (Å²) in [6.07, 6.45) is -1.83. The minimum Gasteiger partial charge on any atom is -0.450 e. The lowest BCUT2D eigenvalue weighted by Crippen LogP contribution is -2.21. The van der Waals surface area contributed by atoms with Crippen molar-refractivity contribution in [2.24, 2.45) is 32.9 Å². The predicted molar refractivity (Wildman–Crippen MR) is 104 cm³/mol. The molecular formula is C15H18Cl2N6O3. The average molecular weight is 401 g/mol. The van der Waals surface area contributed by atoms with Crippen LogP contribution in [0.2, 0.25) is 10.0 Å². The Labute approximate surface area is 159 Å². The number of hydrogen-bond donors (Lipinski definition) is 6. The topological polar surface area (TPSA) is 186 Å². The molecule has 0 aliphatic carbocycles. The molecule has 11 heteroatoms. The maximum absolute atomic E-state index is 8.56. The van der Waals surface area contributed by atoms with Gasteiger partial charge in [0.1, 0.15) is 0 Å². The van der Waals surface area contributed by atoms with Crippen molar-refractivity contribution in [3.8, 4) is 0 Å². The normalized spacial score (nSPS) is 8.69. The molecule has 2 rings (SSSR count). The quantitative estimate of drug-likeness (QED) is 0.330. The average Bonchev–Trinajstić information content (AvgIpc) is 2.51. The highest BCUT2D eigenvalue weighted by molar-refractivity contribution is 6.33. The van der Waals surface area contributed by atoms with E-state index < -0.39 is 6.16 Å². The smallest absolute Gasteiger partial charge is 0.450 e. The monoisotopic (exact) mass is 400 g/mol. The van der Waals surface area contributed by atoms with Crippen molar-refractivity contribution < 1.29 is 15.0 Å². The molecule has 2 aromatic carbocycles. The molecule has 0 saturated heterocycles. The third kappa shape index (κ3) is 11.4. The number of nitrogens with zero attached hydrogens (tertiary/aromatic N) is 2. The van der Waals surface area contributed by atoms with Crippen LogP contribution in [0, 0.1) is 0 Å². The van der Waals surface area contributed by atoms with Crippen molar-refractivity contribution in [2.75, 3.05) is 0 Å². The molecule has 0 aliphatic heterocycles. The number of aliphatic imine (C=N–C) groups is 2. The van der Waals surface area contributed by atoms with Crippen LogP contribution in [0.3, 0.4) is 0 Å². The highest BCUT2D eigenvalue weighted by atomic mass is 35.5. The number of carboxylic acid groups (broad SMARTS) is 2. The number of guanidine groups is 2. The van der Waals surface area contributed by atoms with E-state index in [-0.39, 0.29) is 11.9 Å². The molecule has 0 amide bonds. The van der Waals surface area contributed by atoms with Gasteiger partial charge < -0.3 is 33.1 Å². The van der Waals surface area contributed by atoms with E-state index in [4.69, 9.17) is 61.1 Å². The summed E-state index contributed by atoms with van der Waals surface area (Å²) < 4.78 is 0. The number of carbonyl (C=O) groups is 1. The minimum atomic E-state index is -1.83. The molecule has 0 radical (unpaired) electrons. The summed E-state index contributed by atoms with van der Waals surface area (Å²) in [5.74, 6) is 0.0243. The molecule has 0 bridgehead atoms. The number of halogens is 2. The van der Waals surface area contributed by atoms with Gasteiger partial charge in [0.2, 0.25) is 0 Å². The van der Waals surface area contributed by atoms with Crippen LogP contribution in [-0.2, 0) is 0 Å². The minimum absolute atomic E-state index is 0.0121. The summed E-state index contributed by atoms with van der Waals surface area (Å²) in [5, 5.41) is 15.0. The van der Waals surface area contributed by atoms with Crippen LogP contribution < -0.4 is 22.9 Å². The molecule has 0 unspecified atom stereocenters. The summed E-state index contributed by atoms with van der Waals surface area (Å²) in [6.45, 7) is 0. The fourth-order valence-electron chi connectivity index (χ4n) is 1.36. The fourth-order valence-corrected chi connectivity index (χ4v) is 1.72. The molecular weight excluding hydrogens is 383 g/mol. The third-order valence-corrected chi connectivity index (χ3v) is 2.84. The van der Waals surface area contributed by atoms with Gasteiger partial charge in [-0.15, -0.1) is 0 Å². The van der Waals surface area contributed by atoms with Crippen LogP contribution in [0.15, 0.2) is 58.5 Å². The van der Waals surface area contributed by atoms with Gasteiger partial charge in [0.25, 0.3) is 0 Å². The van der Waals surface area contributed by atoms with E-state index in [1.165, 1.54) is 0 Å². The van der Waals surface area contributed by atoms with E-state index in [0.717, 1.165) is 0 Å². The van der Waals surface area contributed by atoms with E-state index in [1.807, 2.05) is 24.3 Å². The zero-order valence-corrected chi connectivity index (χ0v) is 14.9. The molecule has 0 heterocycles. The van der Waals surface area contributed by atoms with Gasteiger partial charge in [0.05, 0.1) is 21.4 Å². The number of para-hydroxylation sites is 2. The van der Waals surface area contributed by atoms with Crippen LogP contribution in [-0.4, -0.2) is 28.3 Å². The first-order chi connectivity index (χ1) is 12.1. The molecule has 10 N–H and O–H groups in total. The first-order valence-electron chi connectivity index (χ1n) is 6.73. The molecule has 140 valence electrons. The SMILES string of the molecule is NC(N)=Nc1ccccc1Cl.NC(N)=Nc1ccccc1Cl.O=C(O)O. The Balaban J connectivity index is 0.000000401. The molecule has 2 aromatic rings. The number of rotatable bonds is 2. The third-order valence-electron chi connectivity index (χ3n) is 2.20. The van der Waals surface area contributed by atoms with Gasteiger partial charge in [0.15, 0.2) is 11.9 Å². The zero-order valence-electron chi connectivity index (χ0n) is 13.4. The highest BCUT2D eigenvalue weighted by Crippen LogP contribution is 2.23. The van der Waals surface area contributed by atoms with E-state index in [2.05, 4.69) is 9.98 Å². The Morgan fingerprint density at radius 1 is 0.731 bits per heavy atom. The van der Waals surface area contributed by atoms with Gasteiger partial charge in [-0.05, 0) is 24.3 Å². The first kappa shape index (κ1) is 22.8. The van der Waals surface area contributed by atoms with Gasteiger partial charge in [-0.2, -0.15) is 0 Å². The molecule has 0 spiro atoms. The summed E-state index contributed by atoms with van der Waals surface area (Å²) in [7, 11) is 0. The predicted octanol–water partition coefficient (Wildman–Crippen LogP) is 2.71. The second-order valence-corrected chi connectivity index (χ2v) is 5.07. The van der Waals surface area contributed by atoms with Crippen LogP contribution in [0.25, 0.3) is 0 Å². The van der Waals surface area contributed by atoms with Crippen LogP contribution >= 0.6 is 23.2 Å². The fraction of sp³-hybridized carbons (Fsp3) is 0. The van der Waals surface area contributed by atoms with Crippen molar-refractivity contribution in [1.29, 1.82) is 0 Å². The van der Waals surface area contributed by atoms with Gasteiger partial charge in [-0.3, -0.25) is 0 Å². The van der Waals surface area contributed by atoms with Crippen LogP contribution in [0.4, 0.5) is 16.2 Å². The van der Waals surface area contributed by atoms with Crippen molar-refractivity contribution in [3.05, 3.63) is 58.6 Å². The summed E-state index contributed by atoms with van der Waals surface area (Å²) in [4.78, 5) is 16.2. The number of benzene rings is 2. The Morgan fingerprint density at radius 3 is 1.23 bits per heavy atom. The molecule has 26 heavy (non-hydrogen) atoms. The summed E-state index contributed by atoms with van der Waals surface area (Å²) in [5.41, 5.74) is 21.8. The lowest BCUT2D eigenvalue weighted by atomic mass is 10.3. The number of nitrogens with two attached hydrogens (primary N) is 4. The van der Waals surface area contributed by atoms with Gasteiger partial charge in [-0.25, -0.2) is 14.8 Å². The lowest BCUT2D eigenvalue weighted by molar-refractivity contribution is 0.137. The van der Waals surface area contributed by atoms with E-state index in [1.54, 1.807) is 24.3 Å². The summed E-state index contributed by atoms with van der Waals surface area (Å²) >= 11 is 11.5. The van der Waals surface area contributed by atoms with Crippen molar-refractivity contribution in [1.82, 2.24) is 0 Å². The van der Waals surface area contributed by atoms with Crippen molar-refractivity contribution in [2.45, 2.75) is 0 Å². The molecule has 0 aliphatic rings. The van der Waals surface area contributed by atoms with Gasteiger partial charge in [-0.1, -0.05) is 47.5 Å². The van der Waals surface area contributed by atoms with Crippen molar-refractivity contribution in [3.63, 3.8) is 0 Å². The Bertz CT molecular complexity index is 712. The maximum atomic E-state index is 8.56. The zero-order chi connectivity index (χ0) is 20.1. The highest BCUT2D eigenvalue weighted by Gasteiger charge is 1.95. The first-order valence-corrected chi connectivity index (χ1v) is 7.49. The molecule has 0 saturated carbocycles. The Hall–Kier alpha value is -3.17. The second-order valence-electron chi connectivity index (χ2n) is 4.26. The van der Waals surface area contributed by atoms with Crippen LogP contribution in [0.5, 0.6) is 0 Å². The maximum Gasteiger partial charge on any atom is 0.503 e.